The Morgan fingerprint density at radius 1 is 1.09 bits per heavy atom. The van der Waals surface area contributed by atoms with Crippen molar-refractivity contribution < 1.29 is 38.3 Å². The van der Waals surface area contributed by atoms with Crippen LogP contribution in [0.25, 0.3) is 0 Å². The first-order valence-electron chi connectivity index (χ1n) is 10.4. The van der Waals surface area contributed by atoms with Crippen molar-refractivity contribution in [1.29, 1.82) is 0 Å². The molecule has 2 amide bonds. The monoisotopic (exact) mass is 485 g/mol. The molecule has 2 aromatic rings. The third-order valence-electron chi connectivity index (χ3n) is 5.05. The predicted octanol–water partition coefficient (Wildman–Crippen LogP) is 2.64. The summed E-state index contributed by atoms with van der Waals surface area (Å²) in [5, 5.41) is 16.6. The van der Waals surface area contributed by atoms with Crippen LogP contribution in [0.15, 0.2) is 53.7 Å². The molecule has 1 aliphatic rings. The summed E-state index contributed by atoms with van der Waals surface area (Å²) in [5.74, 6) is -1.09. The average molecular weight is 485 g/mol. The number of nitrogens with one attached hydrogen (secondary N) is 2. The van der Waals surface area contributed by atoms with Crippen molar-refractivity contribution in [3.05, 3.63) is 75.0 Å². The van der Waals surface area contributed by atoms with E-state index in [4.69, 9.17) is 14.2 Å². The van der Waals surface area contributed by atoms with Gasteiger partial charge in [-0.15, -0.1) is 0 Å². The zero-order valence-corrected chi connectivity index (χ0v) is 19.2. The van der Waals surface area contributed by atoms with Gasteiger partial charge in [0, 0.05) is 12.1 Å². The molecule has 2 N–H and O–H groups in total. The molecule has 12 heteroatoms. The van der Waals surface area contributed by atoms with Crippen molar-refractivity contribution in [1.82, 2.24) is 10.6 Å². The molecule has 0 fully saturated rings. The molecule has 0 saturated heterocycles. The lowest BCUT2D eigenvalue weighted by Crippen LogP contribution is -2.47. The van der Waals surface area contributed by atoms with E-state index in [-0.39, 0.29) is 29.2 Å². The Balaban J connectivity index is 2.02. The Morgan fingerprint density at radius 3 is 2.40 bits per heavy atom. The van der Waals surface area contributed by atoms with Gasteiger partial charge in [-0.05, 0) is 30.7 Å². The van der Waals surface area contributed by atoms with Crippen molar-refractivity contribution in [3.8, 4) is 11.5 Å². The highest BCUT2D eigenvalue weighted by atomic mass is 16.6. The number of hydrogen-bond acceptors (Lipinski definition) is 9. The zero-order valence-electron chi connectivity index (χ0n) is 19.2. The van der Waals surface area contributed by atoms with Gasteiger partial charge < -0.3 is 29.6 Å². The molecule has 1 unspecified atom stereocenters. The average Bonchev–Trinajstić information content (AvgIpc) is 2.86. The number of esters is 2. The smallest absolute Gasteiger partial charge is 0.338 e. The maximum absolute atomic E-state index is 12.9. The number of methoxy groups -OCH3 is 2. The van der Waals surface area contributed by atoms with Crippen LogP contribution in [0.5, 0.6) is 11.5 Å². The highest BCUT2D eigenvalue weighted by Crippen LogP contribution is 2.32. The topological polar surface area (TPSA) is 155 Å². The summed E-state index contributed by atoms with van der Waals surface area (Å²) in [4.78, 5) is 47.9. The van der Waals surface area contributed by atoms with Crippen LogP contribution >= 0.6 is 0 Å². The van der Waals surface area contributed by atoms with Gasteiger partial charge in [0.2, 0.25) is 0 Å². The molecular formula is C23H23N3O9. The summed E-state index contributed by atoms with van der Waals surface area (Å²) in [6.07, 6.45) is 0. The highest BCUT2D eigenvalue weighted by molar-refractivity contribution is 5.95. The summed E-state index contributed by atoms with van der Waals surface area (Å²) < 4.78 is 20.6. The van der Waals surface area contributed by atoms with Crippen LogP contribution in [0.2, 0.25) is 0 Å². The fraction of sp³-hybridized carbons (Fsp3) is 0.261. The maximum Gasteiger partial charge on any atom is 0.338 e. The van der Waals surface area contributed by atoms with Crippen molar-refractivity contribution in [2.45, 2.75) is 13.0 Å². The second-order valence-corrected chi connectivity index (χ2v) is 7.14. The zero-order chi connectivity index (χ0) is 25.5. The van der Waals surface area contributed by atoms with Crippen molar-refractivity contribution >= 4 is 23.7 Å². The summed E-state index contributed by atoms with van der Waals surface area (Å²) in [5.41, 5.74) is 0.287. The van der Waals surface area contributed by atoms with Gasteiger partial charge in [-0.2, -0.15) is 0 Å². The predicted molar refractivity (Wildman–Crippen MR) is 121 cm³/mol. The van der Waals surface area contributed by atoms with E-state index in [0.29, 0.717) is 11.3 Å². The molecule has 184 valence electrons. The quantitative estimate of drug-likeness (QED) is 0.310. The molecular weight excluding hydrogens is 462 g/mol. The van der Waals surface area contributed by atoms with Crippen molar-refractivity contribution in [2.24, 2.45) is 0 Å². The van der Waals surface area contributed by atoms with Gasteiger partial charge in [0.05, 0.1) is 48.6 Å². The third-order valence-corrected chi connectivity index (χ3v) is 5.05. The Bertz CT molecular complexity index is 1180. The van der Waals surface area contributed by atoms with Crippen LogP contribution in [-0.4, -0.2) is 50.3 Å². The van der Waals surface area contributed by atoms with Crippen LogP contribution in [0.3, 0.4) is 0 Å². The van der Waals surface area contributed by atoms with Gasteiger partial charge in [0.1, 0.15) is 12.4 Å². The first-order chi connectivity index (χ1) is 16.8. The van der Waals surface area contributed by atoms with Gasteiger partial charge in [-0.3, -0.25) is 10.1 Å². The van der Waals surface area contributed by atoms with Gasteiger partial charge in [-0.1, -0.05) is 12.1 Å². The van der Waals surface area contributed by atoms with Crippen molar-refractivity contribution in [3.63, 3.8) is 0 Å². The minimum Gasteiger partial charge on any atom is -0.497 e. The third kappa shape index (κ3) is 5.66. The lowest BCUT2D eigenvalue weighted by molar-refractivity contribution is -0.385. The molecule has 1 aliphatic heterocycles. The van der Waals surface area contributed by atoms with Crippen LogP contribution in [0.1, 0.15) is 28.9 Å². The van der Waals surface area contributed by atoms with Gasteiger partial charge in [0.15, 0.2) is 5.75 Å². The Hall–Kier alpha value is -4.61. The Kier molecular flexibility index (Phi) is 7.87. The number of carbonyl (C=O) groups is 3. The molecule has 1 atom stereocenters. The van der Waals surface area contributed by atoms with Gasteiger partial charge >= 0.3 is 23.7 Å². The molecule has 0 spiro atoms. The number of nitro groups is 1. The summed E-state index contributed by atoms with van der Waals surface area (Å²) >= 11 is 0. The minimum atomic E-state index is -0.885. The standard InChI is InChI=1S/C23H23N3O9/c1-4-34-22(28)19-16(24-23(29)25-20(19)13-5-8-15(32-2)9-6-13)12-35-18-11-14(21(27)33-3)7-10-17(18)26(30)31/h5-11,20H,4,12H2,1-3H3,(H2,24,25,29). The minimum absolute atomic E-state index is 0.0261. The molecule has 0 aromatic heterocycles. The Labute approximate surface area is 199 Å². The number of benzene rings is 2. The molecule has 0 aliphatic carbocycles. The van der Waals surface area contributed by atoms with E-state index < -0.39 is 41.2 Å². The summed E-state index contributed by atoms with van der Waals surface area (Å²) in [6.45, 7) is 1.28. The number of rotatable bonds is 9. The number of carbonyl (C=O) groups excluding carboxylic acids is 3. The molecule has 12 nitrogen and oxygen atoms in total. The molecule has 3 rings (SSSR count). The molecule has 0 radical (unpaired) electrons. The lowest BCUT2D eigenvalue weighted by atomic mass is 9.95. The Morgan fingerprint density at radius 2 is 1.80 bits per heavy atom. The van der Waals surface area contributed by atoms with E-state index in [1.807, 2.05) is 0 Å². The van der Waals surface area contributed by atoms with Gasteiger partial charge in [-0.25, -0.2) is 14.4 Å². The van der Waals surface area contributed by atoms with E-state index in [2.05, 4.69) is 15.4 Å². The molecule has 0 saturated carbocycles. The number of ether oxygens (including phenoxy) is 4. The van der Waals surface area contributed by atoms with E-state index >= 15 is 0 Å². The first kappa shape index (κ1) is 25.0. The first-order valence-corrected chi connectivity index (χ1v) is 10.4. The number of nitrogens with zero attached hydrogens (tertiary/aromatic N) is 1. The van der Waals surface area contributed by atoms with Crippen LogP contribution in [0.4, 0.5) is 10.5 Å². The van der Waals surface area contributed by atoms with Crippen molar-refractivity contribution in [2.75, 3.05) is 27.4 Å². The van der Waals surface area contributed by atoms with Crippen LogP contribution in [-0.2, 0) is 14.3 Å². The second-order valence-electron chi connectivity index (χ2n) is 7.14. The lowest BCUT2D eigenvalue weighted by Gasteiger charge is -2.29. The second kappa shape index (κ2) is 11.0. The van der Waals surface area contributed by atoms with E-state index in [9.17, 15) is 24.5 Å². The maximum atomic E-state index is 12.9. The van der Waals surface area contributed by atoms with Crippen LogP contribution < -0.4 is 20.1 Å². The summed E-state index contributed by atoms with van der Waals surface area (Å²) in [6, 6.07) is 8.68. The molecule has 0 bridgehead atoms. The highest BCUT2D eigenvalue weighted by Gasteiger charge is 2.34. The SMILES string of the molecule is CCOC(=O)C1=C(COc2cc(C(=O)OC)ccc2[N+](=O)[O-])NC(=O)NC1c1ccc(OC)cc1. The molecule has 35 heavy (non-hydrogen) atoms. The van der Waals surface area contributed by atoms with E-state index in [0.717, 1.165) is 12.1 Å². The molecule has 1 heterocycles. The fourth-order valence-electron chi connectivity index (χ4n) is 3.40. The largest absolute Gasteiger partial charge is 0.497 e. The number of nitro benzene ring substituents is 1. The van der Waals surface area contributed by atoms with E-state index in [1.54, 1.807) is 31.2 Å². The number of amides is 2. The number of hydrogen-bond donors (Lipinski definition) is 2. The van der Waals surface area contributed by atoms with E-state index in [1.165, 1.54) is 20.3 Å². The summed E-state index contributed by atoms with van der Waals surface area (Å²) in [7, 11) is 2.68. The fourth-order valence-corrected chi connectivity index (χ4v) is 3.40. The van der Waals surface area contributed by atoms with Gasteiger partial charge in [0.25, 0.3) is 0 Å². The molecule has 2 aromatic carbocycles. The van der Waals surface area contributed by atoms with Crippen LogP contribution in [0, 0.1) is 10.1 Å². The number of urea groups is 1. The normalized spacial score (nSPS) is 14.9.